The molecule has 1 amide bonds. The second-order valence-electron chi connectivity index (χ2n) is 6.51. The Hall–Kier alpha value is -2.06. The van der Waals surface area contributed by atoms with Gasteiger partial charge in [-0.05, 0) is 51.0 Å². The van der Waals surface area contributed by atoms with E-state index in [0.29, 0.717) is 22.5 Å². The highest BCUT2D eigenvalue weighted by Gasteiger charge is 2.26. The maximum Gasteiger partial charge on any atom is 0.317 e. The molecule has 1 saturated heterocycles. The number of amides is 1. The van der Waals surface area contributed by atoms with Gasteiger partial charge in [-0.1, -0.05) is 23.4 Å². The highest BCUT2D eigenvalue weighted by Crippen LogP contribution is 2.25. The summed E-state index contributed by atoms with van der Waals surface area (Å²) in [5.74, 6) is 0.213. The Labute approximate surface area is 173 Å². The molecule has 1 atom stereocenters. The van der Waals surface area contributed by atoms with E-state index in [1.165, 1.54) is 11.8 Å². The minimum Gasteiger partial charge on any atom is -0.452 e. The van der Waals surface area contributed by atoms with Crippen LogP contribution < -0.4 is 0 Å². The maximum atomic E-state index is 12.2. The Kier molecular flexibility index (Phi) is 6.96. The van der Waals surface area contributed by atoms with Crippen LogP contribution in [0.1, 0.15) is 26.7 Å². The van der Waals surface area contributed by atoms with E-state index in [1.807, 2.05) is 23.6 Å². The molecule has 1 aromatic carbocycles. The summed E-state index contributed by atoms with van der Waals surface area (Å²) < 4.78 is 7.23. The number of thioether (sulfide) groups is 1. The summed E-state index contributed by atoms with van der Waals surface area (Å²) >= 11 is 7.19. The summed E-state index contributed by atoms with van der Waals surface area (Å²) in [5.41, 5.74) is 0.901. The van der Waals surface area contributed by atoms with Crippen molar-refractivity contribution in [2.75, 3.05) is 18.8 Å². The fourth-order valence-electron chi connectivity index (χ4n) is 3.09. The zero-order valence-electron chi connectivity index (χ0n) is 15.9. The van der Waals surface area contributed by atoms with E-state index in [1.54, 1.807) is 24.0 Å². The Balaban J connectivity index is 1.58. The summed E-state index contributed by atoms with van der Waals surface area (Å²) in [5, 5.41) is 9.72. The van der Waals surface area contributed by atoms with Crippen LogP contribution in [0.2, 0.25) is 5.02 Å². The Morgan fingerprint density at radius 1 is 1.21 bits per heavy atom. The van der Waals surface area contributed by atoms with Crippen molar-refractivity contribution in [3.05, 3.63) is 29.3 Å². The molecule has 0 N–H and O–H groups in total. The van der Waals surface area contributed by atoms with Gasteiger partial charge < -0.3 is 14.2 Å². The van der Waals surface area contributed by atoms with Crippen molar-refractivity contribution in [2.24, 2.45) is 0 Å². The molecule has 2 aromatic rings. The lowest BCUT2D eigenvalue weighted by Crippen LogP contribution is -2.38. The van der Waals surface area contributed by atoms with Crippen molar-refractivity contribution in [1.29, 1.82) is 0 Å². The van der Waals surface area contributed by atoms with Crippen molar-refractivity contribution in [3.8, 4) is 11.4 Å². The molecule has 0 bridgehead atoms. The molecule has 3 rings (SSSR count). The SMILES string of the molecule is CCn1c(SCC(=O)O[C@H](C)C(=O)N2CCCC2)nnc1-c1ccc(Cl)cc1. The van der Waals surface area contributed by atoms with Crippen LogP contribution in [-0.2, 0) is 20.9 Å². The van der Waals surface area contributed by atoms with Crippen LogP contribution in [0.5, 0.6) is 0 Å². The molecule has 1 fully saturated rings. The average molecular weight is 423 g/mol. The molecule has 0 spiro atoms. The van der Waals surface area contributed by atoms with Gasteiger partial charge in [0.25, 0.3) is 5.91 Å². The molecule has 2 heterocycles. The number of halogens is 1. The van der Waals surface area contributed by atoms with Gasteiger partial charge in [-0.2, -0.15) is 0 Å². The van der Waals surface area contributed by atoms with Crippen molar-refractivity contribution >= 4 is 35.2 Å². The van der Waals surface area contributed by atoms with Gasteiger partial charge in [0.2, 0.25) is 0 Å². The zero-order chi connectivity index (χ0) is 20.1. The Morgan fingerprint density at radius 2 is 1.89 bits per heavy atom. The topological polar surface area (TPSA) is 77.3 Å². The number of rotatable bonds is 7. The lowest BCUT2D eigenvalue weighted by atomic mass is 10.2. The summed E-state index contributed by atoms with van der Waals surface area (Å²) in [4.78, 5) is 26.2. The average Bonchev–Trinajstić information content (AvgIpc) is 3.36. The summed E-state index contributed by atoms with van der Waals surface area (Å²) in [6.07, 6.45) is 1.25. The van der Waals surface area contributed by atoms with E-state index in [2.05, 4.69) is 10.2 Å². The first-order chi connectivity index (χ1) is 13.5. The van der Waals surface area contributed by atoms with Crippen LogP contribution in [0.4, 0.5) is 0 Å². The predicted molar refractivity (Wildman–Crippen MR) is 108 cm³/mol. The highest BCUT2D eigenvalue weighted by atomic mass is 35.5. The van der Waals surface area contributed by atoms with Crippen molar-refractivity contribution in [3.63, 3.8) is 0 Å². The number of carbonyl (C=O) groups is 2. The van der Waals surface area contributed by atoms with E-state index in [4.69, 9.17) is 16.3 Å². The van der Waals surface area contributed by atoms with Gasteiger partial charge >= 0.3 is 5.97 Å². The summed E-state index contributed by atoms with van der Waals surface area (Å²) in [6.45, 7) is 5.75. The van der Waals surface area contributed by atoms with Crippen LogP contribution in [0.3, 0.4) is 0 Å². The third kappa shape index (κ3) is 4.86. The molecule has 1 aromatic heterocycles. The first kappa shape index (κ1) is 20.7. The Morgan fingerprint density at radius 3 is 2.54 bits per heavy atom. The first-order valence-electron chi connectivity index (χ1n) is 9.29. The van der Waals surface area contributed by atoms with Gasteiger partial charge in [0, 0.05) is 30.2 Å². The molecule has 0 radical (unpaired) electrons. The third-order valence-corrected chi connectivity index (χ3v) is 5.72. The normalized spacial score (nSPS) is 14.9. The first-order valence-corrected chi connectivity index (χ1v) is 10.7. The molecule has 28 heavy (non-hydrogen) atoms. The molecule has 9 heteroatoms. The number of nitrogens with zero attached hydrogens (tertiary/aromatic N) is 4. The lowest BCUT2D eigenvalue weighted by molar-refractivity contribution is -0.156. The molecule has 0 unspecified atom stereocenters. The van der Waals surface area contributed by atoms with E-state index in [-0.39, 0.29) is 11.7 Å². The number of ether oxygens (including phenoxy) is 1. The fraction of sp³-hybridized carbons (Fsp3) is 0.474. The Bertz CT molecular complexity index is 834. The third-order valence-electron chi connectivity index (χ3n) is 4.53. The number of hydrogen-bond acceptors (Lipinski definition) is 6. The van der Waals surface area contributed by atoms with Crippen molar-refractivity contribution < 1.29 is 14.3 Å². The fourth-order valence-corrected chi connectivity index (χ4v) is 4.00. The van der Waals surface area contributed by atoms with Gasteiger partial charge in [0.05, 0.1) is 5.75 Å². The molecule has 1 aliphatic rings. The van der Waals surface area contributed by atoms with Gasteiger partial charge in [0.1, 0.15) is 0 Å². The minimum absolute atomic E-state index is 0.0658. The highest BCUT2D eigenvalue weighted by molar-refractivity contribution is 7.99. The largest absolute Gasteiger partial charge is 0.452 e. The molecule has 0 aliphatic carbocycles. The van der Waals surface area contributed by atoms with Gasteiger partial charge in [-0.25, -0.2) is 0 Å². The van der Waals surface area contributed by atoms with Crippen LogP contribution >= 0.6 is 23.4 Å². The van der Waals surface area contributed by atoms with Crippen LogP contribution in [0.25, 0.3) is 11.4 Å². The quantitative estimate of drug-likeness (QED) is 0.503. The molecule has 150 valence electrons. The summed E-state index contributed by atoms with van der Waals surface area (Å²) in [6, 6.07) is 7.36. The molecular formula is C19H23ClN4O3S. The van der Waals surface area contributed by atoms with Gasteiger partial charge in [-0.15, -0.1) is 10.2 Å². The summed E-state index contributed by atoms with van der Waals surface area (Å²) in [7, 11) is 0. The second kappa shape index (κ2) is 9.43. The molecular weight excluding hydrogens is 400 g/mol. The molecule has 0 saturated carbocycles. The van der Waals surface area contributed by atoms with Crippen LogP contribution in [0.15, 0.2) is 29.4 Å². The lowest BCUT2D eigenvalue weighted by Gasteiger charge is -2.20. The smallest absolute Gasteiger partial charge is 0.317 e. The van der Waals surface area contributed by atoms with E-state index < -0.39 is 12.1 Å². The predicted octanol–water partition coefficient (Wildman–Crippen LogP) is 3.26. The van der Waals surface area contributed by atoms with Crippen LogP contribution in [-0.4, -0.2) is 56.5 Å². The number of esters is 1. The van der Waals surface area contributed by atoms with E-state index >= 15 is 0 Å². The molecule has 7 nitrogen and oxygen atoms in total. The number of hydrogen-bond donors (Lipinski definition) is 0. The number of carbonyl (C=O) groups excluding carboxylic acids is 2. The van der Waals surface area contributed by atoms with Gasteiger partial charge in [0.15, 0.2) is 17.1 Å². The minimum atomic E-state index is -0.764. The second-order valence-corrected chi connectivity index (χ2v) is 7.89. The zero-order valence-corrected chi connectivity index (χ0v) is 17.5. The monoisotopic (exact) mass is 422 g/mol. The van der Waals surface area contributed by atoms with Crippen molar-refractivity contribution in [1.82, 2.24) is 19.7 Å². The van der Waals surface area contributed by atoms with E-state index in [9.17, 15) is 9.59 Å². The maximum absolute atomic E-state index is 12.2. The number of likely N-dealkylation sites (tertiary alicyclic amines) is 1. The van der Waals surface area contributed by atoms with Crippen molar-refractivity contribution in [2.45, 2.75) is 44.5 Å². The molecule has 1 aliphatic heterocycles. The van der Waals surface area contributed by atoms with Gasteiger partial charge in [-0.3, -0.25) is 9.59 Å². The number of aromatic nitrogens is 3. The van der Waals surface area contributed by atoms with Crippen LogP contribution in [0, 0.1) is 0 Å². The number of benzene rings is 1. The standard InChI is InChI=1S/C19H23ClN4O3S/c1-3-24-17(14-6-8-15(20)9-7-14)21-22-19(24)28-12-16(25)27-13(2)18(26)23-10-4-5-11-23/h6-9,13H,3-5,10-12H2,1-2H3/t13-/m1/s1. The van der Waals surface area contributed by atoms with E-state index in [0.717, 1.165) is 31.5 Å².